The van der Waals surface area contributed by atoms with Crippen molar-refractivity contribution in [1.29, 1.82) is 0 Å². The lowest BCUT2D eigenvalue weighted by Gasteiger charge is -2.28. The number of thiazole rings is 1. The number of benzene rings is 1. The van der Waals surface area contributed by atoms with Crippen LogP contribution in [-0.4, -0.2) is 60.5 Å². The molecule has 1 aliphatic rings. The largest absolute Gasteiger partial charge is 0.573 e. The number of ether oxygens (including phenoxy) is 2. The van der Waals surface area contributed by atoms with Crippen LogP contribution >= 0.6 is 11.3 Å². The molecule has 2 amide bonds. The summed E-state index contributed by atoms with van der Waals surface area (Å²) < 4.78 is 85.9. The monoisotopic (exact) mass is 507 g/mol. The van der Waals surface area contributed by atoms with Gasteiger partial charge in [-0.1, -0.05) is 0 Å². The second-order valence-corrected chi connectivity index (χ2v) is 7.81. The SMILES string of the molecule is C#Cc1nc(C(=O)N(c2cc(OC)cc(OC(F)(F)F)c2)C2CCN(CC(F)(F)F)C2=O)cs1. The molecule has 34 heavy (non-hydrogen) atoms. The molecule has 0 bridgehead atoms. The highest BCUT2D eigenvalue weighted by molar-refractivity contribution is 7.10. The number of likely N-dealkylation sites (tertiary alicyclic amines) is 1. The van der Waals surface area contributed by atoms with Gasteiger partial charge in [-0.2, -0.15) is 13.2 Å². The van der Waals surface area contributed by atoms with Gasteiger partial charge in [0.25, 0.3) is 5.91 Å². The van der Waals surface area contributed by atoms with Crippen LogP contribution in [-0.2, 0) is 4.79 Å². The Balaban J connectivity index is 2.07. The average molecular weight is 507 g/mol. The number of terminal acetylenes is 1. The molecule has 1 fully saturated rings. The Kier molecular flexibility index (Phi) is 6.97. The standard InChI is InChI=1S/C20H15F6N3O4S/c1-3-16-27-14(9-34-16)17(30)29(15-4-5-28(18(15)31)10-19(21,22)23)11-6-12(32-2)8-13(7-11)33-20(24,25)26/h1,6-9,15H,4-5,10H2,2H3. The second-order valence-electron chi connectivity index (χ2n) is 6.95. The van der Waals surface area contributed by atoms with Crippen LogP contribution in [0.1, 0.15) is 21.9 Å². The topological polar surface area (TPSA) is 72.0 Å². The predicted octanol–water partition coefficient (Wildman–Crippen LogP) is 3.84. The van der Waals surface area contributed by atoms with Crippen LogP contribution in [0, 0.1) is 12.3 Å². The lowest BCUT2D eigenvalue weighted by molar-refractivity contribution is -0.274. The van der Waals surface area contributed by atoms with Crippen LogP contribution in [0.5, 0.6) is 11.5 Å². The van der Waals surface area contributed by atoms with Gasteiger partial charge in [0, 0.05) is 30.1 Å². The number of hydrogen-bond donors (Lipinski definition) is 0. The number of aromatic nitrogens is 1. The van der Waals surface area contributed by atoms with Gasteiger partial charge in [-0.3, -0.25) is 14.5 Å². The summed E-state index contributed by atoms with van der Waals surface area (Å²) >= 11 is 0.924. The minimum absolute atomic E-state index is 0.117. The highest BCUT2D eigenvalue weighted by Crippen LogP contribution is 2.35. The van der Waals surface area contributed by atoms with Crippen molar-refractivity contribution in [2.75, 3.05) is 25.1 Å². The molecule has 2 heterocycles. The van der Waals surface area contributed by atoms with Crippen LogP contribution in [0.2, 0.25) is 0 Å². The van der Waals surface area contributed by atoms with Gasteiger partial charge in [0.05, 0.1) is 12.8 Å². The van der Waals surface area contributed by atoms with Gasteiger partial charge < -0.3 is 14.4 Å². The molecule has 182 valence electrons. The van der Waals surface area contributed by atoms with Crippen LogP contribution in [0.25, 0.3) is 0 Å². The summed E-state index contributed by atoms with van der Waals surface area (Å²) in [5.74, 6) is -0.682. The lowest BCUT2D eigenvalue weighted by atomic mass is 10.1. The molecule has 2 aromatic rings. The normalized spacial score (nSPS) is 16.4. The molecule has 1 aromatic carbocycles. The van der Waals surface area contributed by atoms with Crippen molar-refractivity contribution in [3.05, 3.63) is 34.3 Å². The summed E-state index contributed by atoms with van der Waals surface area (Å²) in [6.45, 7) is -1.86. The van der Waals surface area contributed by atoms with Crippen molar-refractivity contribution in [1.82, 2.24) is 9.88 Å². The zero-order valence-electron chi connectivity index (χ0n) is 17.2. The zero-order chi connectivity index (χ0) is 25.3. The van der Waals surface area contributed by atoms with E-state index in [1.165, 1.54) is 5.38 Å². The molecule has 0 spiro atoms. The molecule has 14 heteroatoms. The first-order chi connectivity index (χ1) is 15.8. The summed E-state index contributed by atoms with van der Waals surface area (Å²) in [5, 5.41) is 1.39. The van der Waals surface area contributed by atoms with Gasteiger partial charge in [-0.15, -0.1) is 30.9 Å². The van der Waals surface area contributed by atoms with Crippen LogP contribution in [0.15, 0.2) is 23.6 Å². The van der Waals surface area contributed by atoms with Crippen molar-refractivity contribution >= 4 is 28.8 Å². The van der Waals surface area contributed by atoms with Crippen LogP contribution in [0.3, 0.4) is 0 Å². The first kappa shape index (κ1) is 25.2. The molecule has 1 aromatic heterocycles. The molecule has 1 saturated heterocycles. The smallest absolute Gasteiger partial charge is 0.497 e. The molecular formula is C20H15F6N3O4S. The number of rotatable bonds is 6. The summed E-state index contributed by atoms with van der Waals surface area (Å²) in [6.07, 6.45) is -4.72. The van der Waals surface area contributed by atoms with E-state index < -0.39 is 42.7 Å². The van der Waals surface area contributed by atoms with Gasteiger partial charge in [-0.05, 0) is 12.3 Å². The maximum Gasteiger partial charge on any atom is 0.573 e. The zero-order valence-corrected chi connectivity index (χ0v) is 18.1. The molecule has 3 rings (SSSR count). The van der Waals surface area contributed by atoms with E-state index in [4.69, 9.17) is 11.2 Å². The number of amides is 2. The van der Waals surface area contributed by atoms with Crippen molar-refractivity contribution < 1.29 is 45.4 Å². The fourth-order valence-electron chi connectivity index (χ4n) is 3.34. The molecule has 1 unspecified atom stereocenters. The number of anilines is 1. The molecule has 0 N–H and O–H groups in total. The van der Waals surface area contributed by atoms with Crippen molar-refractivity contribution in [3.63, 3.8) is 0 Å². The third kappa shape index (κ3) is 5.90. The number of methoxy groups -OCH3 is 1. The Morgan fingerprint density at radius 1 is 1.26 bits per heavy atom. The Bertz CT molecular complexity index is 1120. The minimum Gasteiger partial charge on any atom is -0.497 e. The summed E-state index contributed by atoms with van der Waals surface area (Å²) in [7, 11) is 1.15. The molecule has 1 atom stereocenters. The predicted molar refractivity (Wildman–Crippen MR) is 108 cm³/mol. The fraction of sp³-hybridized carbons (Fsp3) is 0.350. The Labute approximate surface area is 192 Å². The van der Waals surface area contributed by atoms with Gasteiger partial charge in [-0.25, -0.2) is 4.98 Å². The fourth-order valence-corrected chi connectivity index (χ4v) is 3.94. The van der Waals surface area contributed by atoms with E-state index in [0.717, 1.165) is 41.5 Å². The number of alkyl halides is 6. The van der Waals surface area contributed by atoms with Crippen molar-refractivity contribution in [2.24, 2.45) is 0 Å². The van der Waals surface area contributed by atoms with E-state index in [2.05, 4.69) is 15.6 Å². The summed E-state index contributed by atoms with van der Waals surface area (Å²) in [5.41, 5.74) is -0.507. The summed E-state index contributed by atoms with van der Waals surface area (Å²) in [4.78, 5) is 31.3. The average Bonchev–Trinajstić information content (AvgIpc) is 3.34. The Morgan fingerprint density at radius 2 is 1.94 bits per heavy atom. The highest BCUT2D eigenvalue weighted by atomic mass is 32.1. The van der Waals surface area contributed by atoms with Crippen molar-refractivity contribution in [2.45, 2.75) is 25.0 Å². The Morgan fingerprint density at radius 3 is 2.50 bits per heavy atom. The van der Waals surface area contributed by atoms with Gasteiger partial charge in [0.2, 0.25) is 5.91 Å². The van der Waals surface area contributed by atoms with Crippen LogP contribution in [0.4, 0.5) is 32.0 Å². The van der Waals surface area contributed by atoms with E-state index in [1.54, 1.807) is 0 Å². The second kappa shape index (κ2) is 9.41. The lowest BCUT2D eigenvalue weighted by Crippen LogP contribution is -2.47. The van der Waals surface area contributed by atoms with Gasteiger partial charge >= 0.3 is 12.5 Å². The number of carbonyl (C=O) groups excluding carboxylic acids is 2. The van der Waals surface area contributed by atoms with E-state index >= 15 is 0 Å². The van der Waals surface area contributed by atoms with E-state index in [9.17, 15) is 35.9 Å². The molecule has 0 saturated carbocycles. The molecule has 1 aliphatic heterocycles. The minimum atomic E-state index is -5.08. The van der Waals surface area contributed by atoms with Crippen molar-refractivity contribution in [3.8, 4) is 23.8 Å². The van der Waals surface area contributed by atoms with E-state index in [1.807, 2.05) is 0 Å². The first-order valence-corrected chi connectivity index (χ1v) is 10.3. The van der Waals surface area contributed by atoms with Crippen LogP contribution < -0.4 is 14.4 Å². The molecule has 0 radical (unpaired) electrons. The van der Waals surface area contributed by atoms with Gasteiger partial charge in [0.1, 0.15) is 29.8 Å². The third-order valence-electron chi connectivity index (χ3n) is 4.63. The quantitative estimate of drug-likeness (QED) is 0.439. The number of halogens is 6. The number of nitrogens with zero attached hydrogens (tertiary/aromatic N) is 3. The molecular weight excluding hydrogens is 492 g/mol. The Hall–Kier alpha value is -3.47. The van der Waals surface area contributed by atoms with E-state index in [-0.39, 0.29) is 35.1 Å². The highest BCUT2D eigenvalue weighted by Gasteiger charge is 2.44. The summed E-state index contributed by atoms with van der Waals surface area (Å²) in [6, 6.07) is 1.42. The molecule has 7 nitrogen and oxygen atoms in total. The maximum atomic E-state index is 13.3. The maximum absolute atomic E-state index is 13.3. The molecule has 0 aliphatic carbocycles. The third-order valence-corrected chi connectivity index (χ3v) is 5.40. The van der Waals surface area contributed by atoms with Gasteiger partial charge in [0.15, 0.2) is 5.01 Å². The number of hydrogen-bond acceptors (Lipinski definition) is 6. The number of carbonyl (C=O) groups is 2. The first-order valence-electron chi connectivity index (χ1n) is 9.37. The van der Waals surface area contributed by atoms with E-state index in [0.29, 0.717) is 4.90 Å².